The van der Waals surface area contributed by atoms with Gasteiger partial charge >= 0.3 is 0 Å². The van der Waals surface area contributed by atoms with Gasteiger partial charge in [0.15, 0.2) is 0 Å². The zero-order chi connectivity index (χ0) is 13.0. The lowest BCUT2D eigenvalue weighted by Gasteiger charge is -2.31. The SMILES string of the molecule is CCC1CCCCC1NC(=O)c1cccc(=O)[nH]1. The van der Waals surface area contributed by atoms with Gasteiger partial charge in [-0.3, -0.25) is 9.59 Å². The van der Waals surface area contributed by atoms with E-state index in [1.54, 1.807) is 12.1 Å². The van der Waals surface area contributed by atoms with Crippen molar-refractivity contribution < 1.29 is 4.79 Å². The molecular formula is C14H20N2O2. The van der Waals surface area contributed by atoms with Crippen molar-refractivity contribution >= 4 is 5.91 Å². The number of carbonyl (C=O) groups excluding carboxylic acids is 1. The zero-order valence-electron chi connectivity index (χ0n) is 10.7. The first-order chi connectivity index (χ1) is 8.70. The molecule has 0 spiro atoms. The van der Waals surface area contributed by atoms with Gasteiger partial charge in [0, 0.05) is 12.1 Å². The lowest BCUT2D eigenvalue weighted by molar-refractivity contribution is 0.0899. The van der Waals surface area contributed by atoms with Crippen LogP contribution in [0.2, 0.25) is 0 Å². The minimum Gasteiger partial charge on any atom is -0.348 e. The molecule has 4 nitrogen and oxygen atoms in total. The first kappa shape index (κ1) is 12.9. The molecule has 1 aliphatic carbocycles. The molecule has 1 aliphatic rings. The van der Waals surface area contributed by atoms with Crippen molar-refractivity contribution in [3.8, 4) is 0 Å². The second kappa shape index (κ2) is 5.85. The molecule has 0 radical (unpaired) electrons. The molecule has 2 N–H and O–H groups in total. The van der Waals surface area contributed by atoms with Gasteiger partial charge in [-0.25, -0.2) is 0 Å². The predicted octanol–water partition coefficient (Wildman–Crippen LogP) is 2.07. The van der Waals surface area contributed by atoms with Crippen LogP contribution in [0.3, 0.4) is 0 Å². The van der Waals surface area contributed by atoms with Gasteiger partial charge in [-0.1, -0.05) is 32.3 Å². The van der Waals surface area contributed by atoms with Crippen molar-refractivity contribution in [1.82, 2.24) is 10.3 Å². The molecule has 1 aromatic rings. The summed E-state index contributed by atoms with van der Waals surface area (Å²) >= 11 is 0. The number of amides is 1. The molecule has 0 bridgehead atoms. The van der Waals surface area contributed by atoms with E-state index in [1.807, 2.05) is 0 Å². The summed E-state index contributed by atoms with van der Waals surface area (Å²) in [5, 5.41) is 3.05. The number of pyridine rings is 1. The van der Waals surface area contributed by atoms with Crippen molar-refractivity contribution in [2.24, 2.45) is 5.92 Å². The maximum Gasteiger partial charge on any atom is 0.268 e. The first-order valence-corrected chi connectivity index (χ1v) is 6.71. The minimum absolute atomic E-state index is 0.168. The van der Waals surface area contributed by atoms with Gasteiger partial charge in [0.25, 0.3) is 5.91 Å². The highest BCUT2D eigenvalue weighted by molar-refractivity contribution is 5.92. The van der Waals surface area contributed by atoms with Crippen LogP contribution in [0.25, 0.3) is 0 Å². The van der Waals surface area contributed by atoms with Crippen molar-refractivity contribution in [3.63, 3.8) is 0 Å². The Kier molecular flexibility index (Phi) is 4.18. The highest BCUT2D eigenvalue weighted by Crippen LogP contribution is 2.26. The van der Waals surface area contributed by atoms with Gasteiger partial charge in [0.05, 0.1) is 0 Å². The molecule has 98 valence electrons. The van der Waals surface area contributed by atoms with Gasteiger partial charge in [0.2, 0.25) is 5.56 Å². The highest BCUT2D eigenvalue weighted by atomic mass is 16.2. The molecular weight excluding hydrogens is 228 g/mol. The summed E-state index contributed by atoms with van der Waals surface area (Å²) in [5.41, 5.74) is 0.112. The molecule has 2 atom stereocenters. The van der Waals surface area contributed by atoms with Crippen LogP contribution in [0, 0.1) is 5.92 Å². The Hall–Kier alpha value is -1.58. The van der Waals surface area contributed by atoms with E-state index < -0.39 is 0 Å². The van der Waals surface area contributed by atoms with E-state index in [2.05, 4.69) is 17.2 Å². The van der Waals surface area contributed by atoms with Crippen LogP contribution in [0.15, 0.2) is 23.0 Å². The summed E-state index contributed by atoms with van der Waals surface area (Å²) in [5.74, 6) is 0.399. The highest BCUT2D eigenvalue weighted by Gasteiger charge is 2.25. The van der Waals surface area contributed by atoms with Gasteiger partial charge in [0.1, 0.15) is 5.69 Å². The molecule has 18 heavy (non-hydrogen) atoms. The van der Waals surface area contributed by atoms with Crippen LogP contribution in [0.4, 0.5) is 0 Å². The number of rotatable bonds is 3. The van der Waals surface area contributed by atoms with E-state index in [9.17, 15) is 9.59 Å². The molecule has 1 heterocycles. The summed E-state index contributed by atoms with van der Waals surface area (Å²) in [4.78, 5) is 25.8. The summed E-state index contributed by atoms with van der Waals surface area (Å²) in [6.45, 7) is 2.17. The van der Waals surface area contributed by atoms with Crippen molar-refractivity contribution in [2.75, 3.05) is 0 Å². The number of H-pyrrole nitrogens is 1. The third kappa shape index (κ3) is 3.00. The Morgan fingerprint density at radius 1 is 1.39 bits per heavy atom. The first-order valence-electron chi connectivity index (χ1n) is 6.71. The average molecular weight is 248 g/mol. The van der Waals surface area contributed by atoms with E-state index in [0.29, 0.717) is 11.6 Å². The predicted molar refractivity (Wildman–Crippen MR) is 70.6 cm³/mol. The maximum absolute atomic E-state index is 12.0. The third-order valence-corrected chi connectivity index (χ3v) is 3.76. The largest absolute Gasteiger partial charge is 0.348 e. The number of hydrogen-bond donors (Lipinski definition) is 2. The van der Waals surface area contributed by atoms with Gasteiger partial charge in [-0.2, -0.15) is 0 Å². The second-order valence-electron chi connectivity index (χ2n) is 4.96. The van der Waals surface area contributed by atoms with E-state index in [-0.39, 0.29) is 17.5 Å². The third-order valence-electron chi connectivity index (χ3n) is 3.76. The van der Waals surface area contributed by atoms with E-state index in [4.69, 9.17) is 0 Å². The quantitative estimate of drug-likeness (QED) is 0.860. The standard InChI is InChI=1S/C14H20N2O2/c1-2-10-6-3-4-7-11(10)16-14(18)12-8-5-9-13(17)15-12/h5,8-11H,2-4,6-7H2,1H3,(H,15,17)(H,16,18). The van der Waals surface area contributed by atoms with Gasteiger partial charge in [-0.15, -0.1) is 0 Å². The van der Waals surface area contributed by atoms with Crippen LogP contribution in [-0.4, -0.2) is 16.9 Å². The summed E-state index contributed by atoms with van der Waals surface area (Å²) in [6, 6.07) is 4.90. The topological polar surface area (TPSA) is 62.0 Å². The van der Waals surface area contributed by atoms with E-state index in [0.717, 1.165) is 12.8 Å². The average Bonchev–Trinajstić information content (AvgIpc) is 2.39. The van der Waals surface area contributed by atoms with Gasteiger partial charge in [-0.05, 0) is 24.8 Å². The maximum atomic E-state index is 12.0. The molecule has 0 aromatic carbocycles. The Morgan fingerprint density at radius 2 is 2.17 bits per heavy atom. The van der Waals surface area contributed by atoms with Crippen molar-refractivity contribution in [3.05, 3.63) is 34.2 Å². The van der Waals surface area contributed by atoms with Crippen LogP contribution in [-0.2, 0) is 0 Å². The molecule has 1 amide bonds. The number of aromatic amines is 1. The summed E-state index contributed by atoms with van der Waals surface area (Å²) < 4.78 is 0. The Morgan fingerprint density at radius 3 is 2.89 bits per heavy atom. The molecule has 0 saturated heterocycles. The van der Waals surface area contributed by atoms with Crippen molar-refractivity contribution in [1.29, 1.82) is 0 Å². The number of hydrogen-bond acceptors (Lipinski definition) is 2. The lowest BCUT2D eigenvalue weighted by Crippen LogP contribution is -2.42. The Labute approximate surface area is 107 Å². The van der Waals surface area contributed by atoms with Crippen LogP contribution >= 0.6 is 0 Å². The molecule has 1 aromatic heterocycles. The molecule has 2 rings (SSSR count). The van der Waals surface area contributed by atoms with Crippen molar-refractivity contribution in [2.45, 2.75) is 45.1 Å². The number of nitrogens with one attached hydrogen (secondary N) is 2. The van der Waals surface area contributed by atoms with E-state index >= 15 is 0 Å². The monoisotopic (exact) mass is 248 g/mol. The normalized spacial score (nSPS) is 23.6. The van der Waals surface area contributed by atoms with Crippen LogP contribution in [0.1, 0.15) is 49.5 Å². The zero-order valence-corrected chi connectivity index (χ0v) is 10.7. The minimum atomic E-state index is -0.238. The Balaban J connectivity index is 2.04. The number of aromatic nitrogens is 1. The molecule has 1 fully saturated rings. The molecule has 1 saturated carbocycles. The fourth-order valence-electron chi connectivity index (χ4n) is 2.71. The Bertz CT molecular complexity index is 467. The second-order valence-corrected chi connectivity index (χ2v) is 4.96. The molecule has 2 unspecified atom stereocenters. The summed E-state index contributed by atoms with van der Waals surface area (Å²) in [6.07, 6.45) is 5.75. The van der Waals surface area contributed by atoms with E-state index in [1.165, 1.54) is 25.3 Å². The smallest absolute Gasteiger partial charge is 0.268 e. The molecule has 4 heteroatoms. The summed E-state index contributed by atoms with van der Waals surface area (Å²) in [7, 11) is 0. The fraction of sp³-hybridized carbons (Fsp3) is 0.571. The van der Waals surface area contributed by atoms with Crippen LogP contribution in [0.5, 0.6) is 0 Å². The number of carbonyl (C=O) groups is 1. The lowest BCUT2D eigenvalue weighted by atomic mass is 9.83. The fourth-order valence-corrected chi connectivity index (χ4v) is 2.71. The molecule has 0 aliphatic heterocycles. The van der Waals surface area contributed by atoms with Gasteiger partial charge < -0.3 is 10.3 Å². The van der Waals surface area contributed by atoms with Crippen LogP contribution < -0.4 is 10.9 Å².